The summed E-state index contributed by atoms with van der Waals surface area (Å²) in [6.07, 6.45) is 0.233. The Morgan fingerprint density at radius 1 is 0.971 bits per heavy atom. The number of nitrogens with one attached hydrogen (secondary N) is 2. The summed E-state index contributed by atoms with van der Waals surface area (Å²) in [5.41, 5.74) is 7.48. The number of likely N-dealkylation sites (N-methyl/N-ethyl adjacent to an activating group) is 1. The van der Waals surface area contributed by atoms with Gasteiger partial charge in [0.25, 0.3) is 0 Å². The summed E-state index contributed by atoms with van der Waals surface area (Å²) in [6.45, 7) is -0.530. The number of hydrogen-bond donors (Lipinski definition) is 3. The topological polar surface area (TPSA) is 131 Å². The molecule has 2 amide bonds. The van der Waals surface area contributed by atoms with Gasteiger partial charge in [0.2, 0.25) is 21.8 Å². The van der Waals surface area contributed by atoms with Gasteiger partial charge in [-0.15, -0.1) is 0 Å². The summed E-state index contributed by atoms with van der Waals surface area (Å²) in [5.74, 6) is -0.340. The fourth-order valence-electron chi connectivity index (χ4n) is 3.35. The first kappa shape index (κ1) is 25.7. The van der Waals surface area contributed by atoms with Crippen molar-refractivity contribution < 1.29 is 22.7 Å². The number of benzene rings is 3. The zero-order chi connectivity index (χ0) is 25.4. The number of sulfonamides is 1. The minimum Gasteiger partial charge on any atom is -0.497 e. The fourth-order valence-corrected chi connectivity index (χ4v) is 4.34. The van der Waals surface area contributed by atoms with Crippen LogP contribution in [0.15, 0.2) is 83.8 Å². The summed E-state index contributed by atoms with van der Waals surface area (Å²) in [4.78, 5) is 27.4. The standard InChI is InChI=1S/C25H28N4O5S/c1-29(20-10-12-21(34-2)13-11-20)25(31)23(16-18-6-4-3-5-7-18)28-24(30)17-27-35(32,33)22-14-8-19(26)9-15-22/h3-15,23,27H,16-17,26H2,1-2H3,(H,28,30)/t23-/m0/s1. The van der Waals surface area contributed by atoms with Crippen LogP contribution >= 0.6 is 0 Å². The monoisotopic (exact) mass is 496 g/mol. The van der Waals surface area contributed by atoms with E-state index >= 15 is 0 Å². The average Bonchev–Trinajstić information content (AvgIpc) is 2.87. The molecule has 0 heterocycles. The highest BCUT2D eigenvalue weighted by Gasteiger charge is 2.26. The average molecular weight is 497 g/mol. The van der Waals surface area contributed by atoms with E-state index in [1.54, 1.807) is 38.4 Å². The first-order valence-electron chi connectivity index (χ1n) is 10.8. The molecule has 3 aromatic carbocycles. The van der Waals surface area contributed by atoms with Crippen molar-refractivity contribution in [2.75, 3.05) is 31.3 Å². The maximum atomic E-state index is 13.3. The van der Waals surface area contributed by atoms with Crippen molar-refractivity contribution in [2.45, 2.75) is 17.4 Å². The number of carbonyl (C=O) groups excluding carboxylic acids is 2. The Hall–Kier alpha value is -3.89. The number of ether oxygens (including phenoxy) is 1. The first-order valence-corrected chi connectivity index (χ1v) is 12.3. The lowest BCUT2D eigenvalue weighted by molar-refractivity contribution is -0.126. The van der Waals surface area contributed by atoms with Gasteiger partial charge in [-0.2, -0.15) is 0 Å². The van der Waals surface area contributed by atoms with Crippen LogP contribution in [0, 0.1) is 0 Å². The molecule has 9 nitrogen and oxygen atoms in total. The van der Waals surface area contributed by atoms with Gasteiger partial charge < -0.3 is 20.7 Å². The van der Waals surface area contributed by atoms with E-state index in [1.807, 2.05) is 30.3 Å². The lowest BCUT2D eigenvalue weighted by Crippen LogP contribution is -2.51. The van der Waals surface area contributed by atoms with Crippen LogP contribution in [-0.4, -0.2) is 47.0 Å². The molecule has 1 atom stereocenters. The molecule has 10 heteroatoms. The van der Waals surface area contributed by atoms with E-state index < -0.39 is 28.5 Å². The number of amides is 2. The molecule has 0 bridgehead atoms. The second-order valence-corrected chi connectivity index (χ2v) is 9.57. The Morgan fingerprint density at radius 2 is 1.60 bits per heavy atom. The highest BCUT2D eigenvalue weighted by molar-refractivity contribution is 7.89. The smallest absolute Gasteiger partial charge is 0.249 e. The summed E-state index contributed by atoms with van der Waals surface area (Å²) >= 11 is 0. The van der Waals surface area contributed by atoms with E-state index in [-0.39, 0.29) is 17.2 Å². The largest absolute Gasteiger partial charge is 0.497 e. The number of nitrogens with zero attached hydrogens (tertiary/aromatic N) is 1. The highest BCUT2D eigenvalue weighted by atomic mass is 32.2. The first-order chi connectivity index (χ1) is 16.7. The molecule has 0 unspecified atom stereocenters. The Morgan fingerprint density at radius 3 is 2.20 bits per heavy atom. The van der Waals surface area contributed by atoms with Gasteiger partial charge >= 0.3 is 0 Å². The summed E-state index contributed by atoms with van der Waals surface area (Å²) < 4.78 is 32.4. The fraction of sp³-hybridized carbons (Fsp3) is 0.200. The number of nitrogens with two attached hydrogens (primary N) is 1. The van der Waals surface area contributed by atoms with Crippen molar-refractivity contribution in [1.29, 1.82) is 0 Å². The number of nitrogen functional groups attached to an aromatic ring is 1. The molecule has 0 aliphatic carbocycles. The maximum absolute atomic E-state index is 13.3. The third-order valence-electron chi connectivity index (χ3n) is 5.32. The highest BCUT2D eigenvalue weighted by Crippen LogP contribution is 2.19. The predicted molar refractivity (Wildman–Crippen MR) is 135 cm³/mol. The van der Waals surface area contributed by atoms with E-state index in [0.29, 0.717) is 17.1 Å². The molecule has 0 radical (unpaired) electrons. The zero-order valence-electron chi connectivity index (χ0n) is 19.5. The lowest BCUT2D eigenvalue weighted by atomic mass is 10.0. The minimum atomic E-state index is -3.93. The Kier molecular flexibility index (Phi) is 8.45. The number of anilines is 2. The van der Waals surface area contributed by atoms with E-state index in [0.717, 1.165) is 5.56 Å². The third-order valence-corrected chi connectivity index (χ3v) is 6.74. The van der Waals surface area contributed by atoms with Gasteiger partial charge in [-0.1, -0.05) is 30.3 Å². The molecule has 0 saturated heterocycles. The van der Waals surface area contributed by atoms with E-state index in [2.05, 4.69) is 10.0 Å². The second-order valence-electron chi connectivity index (χ2n) is 7.80. The zero-order valence-corrected chi connectivity index (χ0v) is 20.3. The van der Waals surface area contributed by atoms with Gasteiger partial charge in [0.15, 0.2) is 0 Å². The van der Waals surface area contributed by atoms with Gasteiger partial charge in [-0.3, -0.25) is 9.59 Å². The second kappa shape index (κ2) is 11.5. The lowest BCUT2D eigenvalue weighted by Gasteiger charge is -2.25. The Bertz CT molecular complexity index is 1250. The molecule has 184 valence electrons. The van der Waals surface area contributed by atoms with Gasteiger partial charge in [0.1, 0.15) is 11.8 Å². The molecular weight excluding hydrogens is 468 g/mol. The van der Waals surface area contributed by atoms with Crippen LogP contribution in [-0.2, 0) is 26.0 Å². The van der Waals surface area contributed by atoms with Gasteiger partial charge in [-0.25, -0.2) is 13.1 Å². The van der Waals surface area contributed by atoms with Crippen LogP contribution in [0.4, 0.5) is 11.4 Å². The van der Waals surface area contributed by atoms with E-state index in [1.165, 1.54) is 29.2 Å². The molecule has 3 aromatic rings. The summed E-state index contributed by atoms with van der Waals surface area (Å²) in [7, 11) is -0.765. The van der Waals surface area contributed by atoms with Crippen molar-refractivity contribution >= 4 is 33.2 Å². The van der Waals surface area contributed by atoms with Gasteiger partial charge in [0, 0.05) is 24.8 Å². The number of carbonyl (C=O) groups is 2. The Balaban J connectivity index is 1.72. The minimum absolute atomic E-state index is 0.0179. The van der Waals surface area contributed by atoms with Gasteiger partial charge in [0.05, 0.1) is 18.6 Å². The molecule has 4 N–H and O–H groups in total. The van der Waals surface area contributed by atoms with E-state index in [4.69, 9.17) is 10.5 Å². The molecule has 3 rings (SSSR count). The van der Waals surface area contributed by atoms with Crippen LogP contribution in [0.1, 0.15) is 5.56 Å². The quantitative estimate of drug-likeness (QED) is 0.368. The molecule has 0 spiro atoms. The SMILES string of the molecule is COc1ccc(N(C)C(=O)[C@H](Cc2ccccc2)NC(=O)CNS(=O)(=O)c2ccc(N)cc2)cc1. The van der Waals surface area contributed by atoms with E-state index in [9.17, 15) is 18.0 Å². The van der Waals surface area contributed by atoms with Crippen molar-refractivity contribution in [2.24, 2.45) is 0 Å². The number of methoxy groups -OCH3 is 1. The Labute approximate surface area is 204 Å². The van der Waals surface area contributed by atoms with Crippen LogP contribution in [0.5, 0.6) is 5.75 Å². The molecule has 0 aliphatic heterocycles. The number of rotatable bonds is 10. The van der Waals surface area contributed by atoms with Crippen LogP contribution in [0.25, 0.3) is 0 Å². The molecule has 0 aliphatic rings. The van der Waals surface area contributed by atoms with Crippen LogP contribution < -0.4 is 25.4 Å². The van der Waals surface area contributed by atoms with Gasteiger partial charge in [-0.05, 0) is 54.1 Å². The third kappa shape index (κ3) is 7.05. The molecule has 0 aromatic heterocycles. The summed E-state index contributed by atoms with van der Waals surface area (Å²) in [5, 5.41) is 2.67. The molecular formula is C25H28N4O5S. The summed E-state index contributed by atoms with van der Waals surface area (Å²) in [6, 6.07) is 20.9. The molecule has 0 fully saturated rings. The van der Waals surface area contributed by atoms with Crippen LogP contribution in [0.2, 0.25) is 0 Å². The van der Waals surface area contributed by atoms with Crippen molar-refractivity contribution in [3.05, 3.63) is 84.4 Å². The maximum Gasteiger partial charge on any atom is 0.249 e. The van der Waals surface area contributed by atoms with Crippen molar-refractivity contribution in [1.82, 2.24) is 10.0 Å². The molecule has 35 heavy (non-hydrogen) atoms. The normalized spacial score (nSPS) is 11.9. The van der Waals surface area contributed by atoms with Crippen molar-refractivity contribution in [3.8, 4) is 5.75 Å². The number of hydrogen-bond acceptors (Lipinski definition) is 6. The predicted octanol–water partition coefficient (Wildman–Crippen LogP) is 1.95. The molecule has 0 saturated carbocycles. The van der Waals surface area contributed by atoms with Crippen molar-refractivity contribution in [3.63, 3.8) is 0 Å². The van der Waals surface area contributed by atoms with Crippen LogP contribution in [0.3, 0.4) is 0 Å².